The first-order valence-corrected chi connectivity index (χ1v) is 6.71. The van der Waals surface area contributed by atoms with Crippen molar-refractivity contribution in [3.63, 3.8) is 0 Å². The van der Waals surface area contributed by atoms with Crippen LogP contribution in [-0.2, 0) is 6.42 Å². The number of aldehydes is 1. The van der Waals surface area contributed by atoms with Crippen molar-refractivity contribution in [3.8, 4) is 5.69 Å². The van der Waals surface area contributed by atoms with Crippen LogP contribution < -0.4 is 0 Å². The Morgan fingerprint density at radius 3 is 2.94 bits per heavy atom. The standard InChI is InChI=1S/C13H14BrN3O/c1-2-3-7-13-12(9-18)15-16-17(13)11-6-4-5-10(14)8-11/h4-6,8-9H,2-3,7H2,1H3. The molecule has 1 aromatic heterocycles. The van der Waals surface area contributed by atoms with Gasteiger partial charge in [0.15, 0.2) is 6.29 Å². The molecule has 0 aliphatic heterocycles. The summed E-state index contributed by atoms with van der Waals surface area (Å²) in [5.41, 5.74) is 2.23. The molecule has 2 aromatic rings. The van der Waals surface area contributed by atoms with E-state index in [-0.39, 0.29) is 0 Å². The van der Waals surface area contributed by atoms with Crippen molar-refractivity contribution in [3.05, 3.63) is 40.1 Å². The van der Waals surface area contributed by atoms with E-state index in [1.54, 1.807) is 4.68 Å². The lowest BCUT2D eigenvalue weighted by Crippen LogP contribution is -2.03. The molecule has 1 heterocycles. The molecular weight excluding hydrogens is 294 g/mol. The van der Waals surface area contributed by atoms with E-state index in [2.05, 4.69) is 33.2 Å². The van der Waals surface area contributed by atoms with Crippen molar-refractivity contribution in [1.29, 1.82) is 0 Å². The van der Waals surface area contributed by atoms with E-state index >= 15 is 0 Å². The van der Waals surface area contributed by atoms with Gasteiger partial charge in [0.05, 0.1) is 11.4 Å². The van der Waals surface area contributed by atoms with Crippen molar-refractivity contribution in [2.75, 3.05) is 0 Å². The van der Waals surface area contributed by atoms with Crippen LogP contribution in [0.25, 0.3) is 5.69 Å². The highest BCUT2D eigenvalue weighted by Gasteiger charge is 2.13. The minimum absolute atomic E-state index is 0.434. The maximum absolute atomic E-state index is 11.0. The van der Waals surface area contributed by atoms with E-state index in [0.717, 1.165) is 41.4 Å². The molecule has 4 nitrogen and oxygen atoms in total. The third-order valence-electron chi connectivity index (χ3n) is 2.72. The Hall–Kier alpha value is -1.49. The summed E-state index contributed by atoms with van der Waals surface area (Å²) in [7, 11) is 0. The van der Waals surface area contributed by atoms with E-state index in [1.807, 2.05) is 24.3 Å². The van der Waals surface area contributed by atoms with Crippen molar-refractivity contribution in [2.24, 2.45) is 0 Å². The molecule has 5 heteroatoms. The second-order valence-corrected chi connectivity index (χ2v) is 4.95. The molecule has 2 rings (SSSR count). The number of rotatable bonds is 5. The summed E-state index contributed by atoms with van der Waals surface area (Å²) < 4.78 is 2.72. The molecular formula is C13H14BrN3O. The van der Waals surface area contributed by atoms with Crippen LogP contribution in [0.3, 0.4) is 0 Å². The number of benzene rings is 1. The third-order valence-corrected chi connectivity index (χ3v) is 3.22. The highest BCUT2D eigenvalue weighted by atomic mass is 79.9. The van der Waals surface area contributed by atoms with Crippen molar-refractivity contribution >= 4 is 22.2 Å². The summed E-state index contributed by atoms with van der Waals surface area (Å²) >= 11 is 3.43. The van der Waals surface area contributed by atoms with Gasteiger partial charge in [-0.25, -0.2) is 4.68 Å². The molecule has 0 saturated carbocycles. The molecule has 0 aliphatic carbocycles. The van der Waals surface area contributed by atoms with Crippen molar-refractivity contribution < 1.29 is 4.79 Å². The van der Waals surface area contributed by atoms with Crippen LogP contribution in [0.5, 0.6) is 0 Å². The van der Waals surface area contributed by atoms with Gasteiger partial charge in [-0.1, -0.05) is 40.6 Å². The summed E-state index contributed by atoms with van der Waals surface area (Å²) in [6.45, 7) is 2.12. The normalized spacial score (nSPS) is 10.6. The first-order chi connectivity index (χ1) is 8.76. The van der Waals surface area contributed by atoms with Gasteiger partial charge in [-0.05, 0) is 31.0 Å². The summed E-state index contributed by atoms with van der Waals surface area (Å²) in [5.74, 6) is 0. The van der Waals surface area contributed by atoms with Crippen molar-refractivity contribution in [1.82, 2.24) is 15.0 Å². The summed E-state index contributed by atoms with van der Waals surface area (Å²) in [6.07, 6.45) is 3.67. The molecule has 0 saturated heterocycles. The van der Waals surface area contributed by atoms with Gasteiger partial charge in [0.25, 0.3) is 0 Å². The molecule has 94 valence electrons. The Morgan fingerprint density at radius 1 is 1.44 bits per heavy atom. The van der Waals surface area contributed by atoms with Gasteiger partial charge >= 0.3 is 0 Å². The number of halogens is 1. The Kier molecular flexibility index (Phi) is 4.25. The summed E-state index contributed by atoms with van der Waals surface area (Å²) in [4.78, 5) is 11.0. The molecule has 0 amide bonds. The highest BCUT2D eigenvalue weighted by molar-refractivity contribution is 9.10. The van der Waals surface area contributed by atoms with Crippen molar-refractivity contribution in [2.45, 2.75) is 26.2 Å². The first-order valence-electron chi connectivity index (χ1n) is 5.92. The fourth-order valence-electron chi connectivity index (χ4n) is 1.80. The largest absolute Gasteiger partial charge is 0.296 e. The van der Waals surface area contributed by atoms with E-state index < -0.39 is 0 Å². The fourth-order valence-corrected chi connectivity index (χ4v) is 2.19. The number of unbranched alkanes of at least 4 members (excludes halogenated alkanes) is 1. The molecule has 0 spiro atoms. The second-order valence-electron chi connectivity index (χ2n) is 4.03. The molecule has 0 bridgehead atoms. The maximum atomic E-state index is 11.0. The van der Waals surface area contributed by atoms with Crippen LogP contribution in [0.1, 0.15) is 35.9 Å². The lowest BCUT2D eigenvalue weighted by molar-refractivity contribution is 0.111. The van der Waals surface area contributed by atoms with Gasteiger partial charge in [-0.3, -0.25) is 4.79 Å². The highest BCUT2D eigenvalue weighted by Crippen LogP contribution is 2.18. The fraction of sp³-hybridized carbons (Fsp3) is 0.308. The zero-order chi connectivity index (χ0) is 13.0. The van der Waals surface area contributed by atoms with Crippen LogP contribution in [0, 0.1) is 0 Å². The molecule has 0 fully saturated rings. The number of hydrogen-bond donors (Lipinski definition) is 0. The predicted octanol–water partition coefficient (Wildman–Crippen LogP) is 3.18. The van der Waals surface area contributed by atoms with Crippen LogP contribution in [0.4, 0.5) is 0 Å². The van der Waals surface area contributed by atoms with Gasteiger partial charge in [0, 0.05) is 4.47 Å². The molecule has 0 radical (unpaired) electrons. The third kappa shape index (κ3) is 2.67. The average Bonchev–Trinajstić information content (AvgIpc) is 2.79. The molecule has 0 N–H and O–H groups in total. The topological polar surface area (TPSA) is 47.8 Å². The monoisotopic (exact) mass is 307 g/mol. The Bertz CT molecular complexity index is 551. The molecule has 18 heavy (non-hydrogen) atoms. The quantitative estimate of drug-likeness (QED) is 0.797. The van der Waals surface area contributed by atoms with Crippen LogP contribution >= 0.6 is 15.9 Å². The summed E-state index contributed by atoms with van der Waals surface area (Å²) in [5, 5.41) is 7.99. The molecule has 0 unspecified atom stereocenters. The van der Waals surface area contributed by atoms with Gasteiger partial charge in [-0.15, -0.1) is 5.10 Å². The number of carbonyl (C=O) groups is 1. The van der Waals surface area contributed by atoms with Gasteiger partial charge in [0.1, 0.15) is 5.69 Å². The SMILES string of the molecule is CCCCc1c(C=O)nnn1-c1cccc(Br)c1. The van der Waals surface area contributed by atoms with Crippen LogP contribution in [0.15, 0.2) is 28.7 Å². The lowest BCUT2D eigenvalue weighted by Gasteiger charge is -2.06. The maximum Gasteiger partial charge on any atom is 0.172 e. The predicted molar refractivity (Wildman–Crippen MR) is 73.1 cm³/mol. The minimum atomic E-state index is 0.434. The zero-order valence-corrected chi connectivity index (χ0v) is 11.7. The van der Waals surface area contributed by atoms with Gasteiger partial charge < -0.3 is 0 Å². The Morgan fingerprint density at radius 2 is 2.28 bits per heavy atom. The Balaban J connectivity index is 2.43. The number of carbonyl (C=O) groups excluding carboxylic acids is 1. The zero-order valence-electron chi connectivity index (χ0n) is 10.1. The summed E-state index contributed by atoms with van der Waals surface area (Å²) in [6, 6.07) is 7.79. The number of aromatic nitrogens is 3. The van der Waals surface area contributed by atoms with Crippen LogP contribution in [-0.4, -0.2) is 21.3 Å². The average molecular weight is 308 g/mol. The molecule has 1 aromatic carbocycles. The lowest BCUT2D eigenvalue weighted by atomic mass is 10.1. The minimum Gasteiger partial charge on any atom is -0.296 e. The molecule has 0 aliphatic rings. The van der Waals surface area contributed by atoms with Gasteiger partial charge in [-0.2, -0.15) is 0 Å². The van der Waals surface area contributed by atoms with Crippen LogP contribution in [0.2, 0.25) is 0 Å². The number of hydrogen-bond acceptors (Lipinski definition) is 3. The molecule has 0 atom stereocenters. The number of nitrogens with zero attached hydrogens (tertiary/aromatic N) is 3. The van der Waals surface area contributed by atoms with E-state index in [1.165, 1.54) is 0 Å². The second kappa shape index (κ2) is 5.91. The van der Waals surface area contributed by atoms with E-state index in [4.69, 9.17) is 0 Å². The van der Waals surface area contributed by atoms with Gasteiger partial charge in [0.2, 0.25) is 0 Å². The smallest absolute Gasteiger partial charge is 0.172 e. The Labute approximate surface area is 114 Å². The van der Waals surface area contributed by atoms with E-state index in [0.29, 0.717) is 5.69 Å². The van der Waals surface area contributed by atoms with E-state index in [9.17, 15) is 4.79 Å². The first kappa shape index (κ1) is 13.0.